The van der Waals surface area contributed by atoms with Gasteiger partial charge in [0.1, 0.15) is 0 Å². The van der Waals surface area contributed by atoms with E-state index in [2.05, 4.69) is 22.3 Å². The maximum absolute atomic E-state index is 12.7. The Morgan fingerprint density at radius 2 is 1.77 bits per heavy atom. The number of likely N-dealkylation sites (tertiary alicyclic amines) is 1. The van der Waals surface area contributed by atoms with Crippen molar-refractivity contribution >= 4 is 17.5 Å². The second kappa shape index (κ2) is 9.39. The third-order valence-corrected chi connectivity index (χ3v) is 5.69. The third kappa shape index (κ3) is 4.99. The molecule has 0 bridgehead atoms. The number of anilines is 1. The monoisotopic (exact) mass is 423 g/mol. The minimum Gasteiger partial charge on any atom is -0.490 e. The van der Waals surface area contributed by atoms with Crippen molar-refractivity contribution in [3.63, 3.8) is 0 Å². The van der Waals surface area contributed by atoms with Crippen molar-refractivity contribution in [2.45, 2.75) is 25.3 Å². The maximum Gasteiger partial charge on any atom is 0.253 e. The Kier molecular flexibility index (Phi) is 6.42. The third-order valence-electron chi connectivity index (χ3n) is 5.69. The van der Waals surface area contributed by atoms with Crippen LogP contribution in [0.3, 0.4) is 0 Å². The molecular weight excluding hydrogens is 394 g/mol. The summed E-state index contributed by atoms with van der Waals surface area (Å²) in [6.45, 7) is 2.53. The Labute approximate surface area is 182 Å². The fourth-order valence-electron chi connectivity index (χ4n) is 4.12. The maximum atomic E-state index is 12.7. The number of amides is 2. The Morgan fingerprint density at radius 3 is 2.52 bits per heavy atom. The van der Waals surface area contributed by atoms with Crippen LogP contribution in [0.25, 0.3) is 0 Å². The molecule has 0 saturated carbocycles. The molecule has 0 aromatic heterocycles. The van der Waals surface area contributed by atoms with Crippen LogP contribution in [-0.4, -0.2) is 62.0 Å². The first kappa shape index (κ1) is 21.2. The Bertz CT molecular complexity index is 942. The number of fused-ring (bicyclic) bond motifs is 1. The molecule has 0 spiro atoms. The van der Waals surface area contributed by atoms with Gasteiger partial charge in [-0.25, -0.2) is 0 Å². The van der Waals surface area contributed by atoms with E-state index in [1.165, 1.54) is 4.90 Å². The van der Waals surface area contributed by atoms with Crippen LogP contribution in [0.5, 0.6) is 11.5 Å². The molecule has 0 radical (unpaired) electrons. The predicted octanol–water partition coefficient (Wildman–Crippen LogP) is 3.33. The highest BCUT2D eigenvalue weighted by atomic mass is 16.5. The van der Waals surface area contributed by atoms with E-state index in [4.69, 9.17) is 9.47 Å². The minimum atomic E-state index is -0.0621. The fraction of sp³-hybridized carbons (Fsp3) is 0.417. The number of nitrogens with zero attached hydrogens (tertiary/aromatic N) is 2. The van der Waals surface area contributed by atoms with E-state index in [0.717, 1.165) is 42.9 Å². The van der Waals surface area contributed by atoms with E-state index in [9.17, 15) is 9.59 Å². The van der Waals surface area contributed by atoms with E-state index in [1.54, 1.807) is 38.4 Å². The normalized spacial score (nSPS) is 18.3. The van der Waals surface area contributed by atoms with Gasteiger partial charge in [0.05, 0.1) is 19.8 Å². The standard InChI is InChI=1S/C24H29N3O4/c1-26(2)24(29)17-6-9-19(10-7-17)25-23(28)16-27-12-3-5-20(27)18-8-11-21-22(15-18)31-14-4-13-30-21/h6-11,15,20H,3-5,12-14,16H2,1-2H3,(H,25,28)/t20-/m1/s1. The van der Waals surface area contributed by atoms with Crippen LogP contribution in [0, 0.1) is 0 Å². The molecule has 1 saturated heterocycles. The number of benzene rings is 2. The van der Waals surface area contributed by atoms with Crippen molar-refractivity contribution in [2.75, 3.05) is 45.7 Å². The van der Waals surface area contributed by atoms with Crippen LogP contribution in [0.15, 0.2) is 42.5 Å². The molecule has 164 valence electrons. The Hall–Kier alpha value is -3.06. The fourth-order valence-corrected chi connectivity index (χ4v) is 4.12. The van der Waals surface area contributed by atoms with Gasteiger partial charge in [-0.05, 0) is 61.3 Å². The van der Waals surface area contributed by atoms with Crippen LogP contribution >= 0.6 is 0 Å². The largest absolute Gasteiger partial charge is 0.490 e. The first-order chi connectivity index (χ1) is 15.0. The lowest BCUT2D eigenvalue weighted by molar-refractivity contribution is -0.117. The Balaban J connectivity index is 1.39. The summed E-state index contributed by atoms with van der Waals surface area (Å²) >= 11 is 0. The topological polar surface area (TPSA) is 71.1 Å². The summed E-state index contributed by atoms with van der Waals surface area (Å²) in [7, 11) is 3.43. The number of carbonyl (C=O) groups excluding carboxylic acids is 2. The SMILES string of the molecule is CN(C)C(=O)c1ccc(NC(=O)CN2CCC[C@@H]2c2ccc3c(c2)OCCCO3)cc1. The van der Waals surface area contributed by atoms with Gasteiger partial charge in [-0.2, -0.15) is 0 Å². The van der Waals surface area contributed by atoms with Crippen molar-refractivity contribution < 1.29 is 19.1 Å². The molecule has 2 aliphatic rings. The van der Waals surface area contributed by atoms with Crippen molar-refractivity contribution in [1.29, 1.82) is 0 Å². The predicted molar refractivity (Wildman–Crippen MR) is 119 cm³/mol. The van der Waals surface area contributed by atoms with Crippen LogP contribution in [-0.2, 0) is 4.79 Å². The summed E-state index contributed by atoms with van der Waals surface area (Å²) in [6, 6.07) is 13.3. The average Bonchev–Trinajstić information content (AvgIpc) is 3.08. The minimum absolute atomic E-state index is 0.0621. The molecule has 1 fully saturated rings. The highest BCUT2D eigenvalue weighted by molar-refractivity contribution is 5.96. The van der Waals surface area contributed by atoms with Crippen LogP contribution in [0.1, 0.15) is 41.2 Å². The summed E-state index contributed by atoms with van der Waals surface area (Å²) in [5.41, 5.74) is 2.43. The smallest absolute Gasteiger partial charge is 0.253 e. The molecule has 1 atom stereocenters. The van der Waals surface area contributed by atoms with E-state index < -0.39 is 0 Å². The molecule has 4 rings (SSSR count). The molecule has 31 heavy (non-hydrogen) atoms. The molecular formula is C24H29N3O4. The molecule has 0 unspecified atom stereocenters. The van der Waals surface area contributed by atoms with Crippen LogP contribution < -0.4 is 14.8 Å². The van der Waals surface area contributed by atoms with Gasteiger partial charge in [0.2, 0.25) is 5.91 Å². The van der Waals surface area contributed by atoms with Gasteiger partial charge >= 0.3 is 0 Å². The number of hydrogen-bond acceptors (Lipinski definition) is 5. The molecule has 2 aromatic rings. The van der Waals surface area contributed by atoms with Gasteiger partial charge in [-0.1, -0.05) is 6.07 Å². The zero-order valence-corrected chi connectivity index (χ0v) is 18.1. The van der Waals surface area contributed by atoms with Crippen LogP contribution in [0.4, 0.5) is 5.69 Å². The summed E-state index contributed by atoms with van der Waals surface area (Å²) < 4.78 is 11.6. The van der Waals surface area contributed by atoms with E-state index in [1.807, 2.05) is 6.07 Å². The van der Waals surface area contributed by atoms with Gasteiger partial charge in [-0.3, -0.25) is 14.5 Å². The number of ether oxygens (including phenoxy) is 2. The summed E-state index contributed by atoms with van der Waals surface area (Å²) in [5, 5.41) is 2.94. The molecule has 0 aliphatic carbocycles. The van der Waals surface area contributed by atoms with Gasteiger partial charge in [-0.15, -0.1) is 0 Å². The molecule has 2 aromatic carbocycles. The first-order valence-electron chi connectivity index (χ1n) is 10.8. The number of hydrogen-bond donors (Lipinski definition) is 1. The summed E-state index contributed by atoms with van der Waals surface area (Å²) in [4.78, 5) is 28.4. The van der Waals surface area contributed by atoms with E-state index in [0.29, 0.717) is 31.0 Å². The molecule has 7 heteroatoms. The number of rotatable bonds is 5. The van der Waals surface area contributed by atoms with Gasteiger partial charge in [0.15, 0.2) is 11.5 Å². The molecule has 7 nitrogen and oxygen atoms in total. The molecule has 2 aliphatic heterocycles. The van der Waals surface area contributed by atoms with Gasteiger partial charge in [0.25, 0.3) is 5.91 Å². The number of carbonyl (C=O) groups is 2. The van der Waals surface area contributed by atoms with Gasteiger partial charge in [0, 0.05) is 37.8 Å². The zero-order chi connectivity index (χ0) is 21.8. The van der Waals surface area contributed by atoms with Crippen LogP contribution in [0.2, 0.25) is 0 Å². The van der Waals surface area contributed by atoms with Gasteiger partial charge < -0.3 is 19.7 Å². The highest BCUT2D eigenvalue weighted by Crippen LogP contribution is 2.37. The molecule has 2 amide bonds. The molecule has 2 heterocycles. The van der Waals surface area contributed by atoms with E-state index >= 15 is 0 Å². The number of nitrogens with one attached hydrogen (secondary N) is 1. The summed E-state index contributed by atoms with van der Waals surface area (Å²) in [6.07, 6.45) is 2.94. The second-order valence-corrected chi connectivity index (χ2v) is 8.21. The van der Waals surface area contributed by atoms with Crippen molar-refractivity contribution in [3.8, 4) is 11.5 Å². The van der Waals surface area contributed by atoms with E-state index in [-0.39, 0.29) is 17.9 Å². The molecule has 1 N–H and O–H groups in total. The zero-order valence-electron chi connectivity index (χ0n) is 18.1. The lowest BCUT2D eigenvalue weighted by Gasteiger charge is -2.25. The first-order valence-corrected chi connectivity index (χ1v) is 10.8. The van der Waals surface area contributed by atoms with Crippen molar-refractivity contribution in [2.24, 2.45) is 0 Å². The van der Waals surface area contributed by atoms with Crippen molar-refractivity contribution in [1.82, 2.24) is 9.80 Å². The Morgan fingerprint density at radius 1 is 1.03 bits per heavy atom. The quantitative estimate of drug-likeness (QED) is 0.799. The summed E-state index contributed by atoms with van der Waals surface area (Å²) in [5.74, 6) is 1.46. The lowest BCUT2D eigenvalue weighted by atomic mass is 10.0. The highest BCUT2D eigenvalue weighted by Gasteiger charge is 2.28. The second-order valence-electron chi connectivity index (χ2n) is 8.21. The average molecular weight is 424 g/mol. The van der Waals surface area contributed by atoms with Crippen molar-refractivity contribution in [3.05, 3.63) is 53.6 Å². The lowest BCUT2D eigenvalue weighted by Crippen LogP contribution is -2.33.